The van der Waals surface area contributed by atoms with Crippen molar-refractivity contribution in [3.8, 4) is 21.8 Å². The molecule has 0 unspecified atom stereocenters. The Morgan fingerprint density at radius 2 is 1.66 bits per heavy atom. The van der Waals surface area contributed by atoms with Gasteiger partial charge >= 0.3 is 6.18 Å². The zero-order chi connectivity index (χ0) is 22.7. The maximum atomic E-state index is 14.1. The molecule has 0 bridgehead atoms. The lowest BCUT2D eigenvalue weighted by atomic mass is 10.1. The third-order valence-electron chi connectivity index (χ3n) is 4.70. The molecule has 4 rings (SSSR count). The van der Waals surface area contributed by atoms with Gasteiger partial charge in [0.1, 0.15) is 10.8 Å². The summed E-state index contributed by atoms with van der Waals surface area (Å²) in [6, 6.07) is 18.0. The van der Waals surface area contributed by atoms with E-state index in [1.807, 2.05) is 0 Å². The number of anilines is 1. The first-order valence-electron chi connectivity index (χ1n) is 9.57. The van der Waals surface area contributed by atoms with Gasteiger partial charge in [0.25, 0.3) is 0 Å². The Kier molecular flexibility index (Phi) is 6.05. The highest BCUT2D eigenvalue weighted by molar-refractivity contribution is 7.13. The third-order valence-corrected chi connectivity index (χ3v) is 5.58. The number of alkyl halides is 3. The molecule has 0 saturated heterocycles. The number of carbonyl (C=O) groups is 1. The van der Waals surface area contributed by atoms with Crippen molar-refractivity contribution in [3.63, 3.8) is 0 Å². The first-order valence-corrected chi connectivity index (χ1v) is 10.4. The molecule has 8 heteroatoms. The quantitative estimate of drug-likeness (QED) is 0.335. The fourth-order valence-electron chi connectivity index (χ4n) is 3.21. The lowest BCUT2D eigenvalue weighted by Gasteiger charge is -2.11. The fourth-order valence-corrected chi connectivity index (χ4v) is 4.06. The zero-order valence-corrected chi connectivity index (χ0v) is 17.3. The van der Waals surface area contributed by atoms with Crippen LogP contribution >= 0.6 is 11.3 Å². The van der Waals surface area contributed by atoms with E-state index in [1.54, 1.807) is 47.8 Å². The number of halogens is 4. The molecule has 32 heavy (non-hydrogen) atoms. The van der Waals surface area contributed by atoms with Gasteiger partial charge in [0.15, 0.2) is 0 Å². The minimum absolute atomic E-state index is 0.213. The Hall–Kier alpha value is -3.52. The minimum Gasteiger partial charge on any atom is -0.325 e. The van der Waals surface area contributed by atoms with Crippen LogP contribution < -0.4 is 5.32 Å². The molecule has 0 aliphatic heterocycles. The van der Waals surface area contributed by atoms with E-state index in [0.717, 1.165) is 12.1 Å². The number of thiazole rings is 1. The van der Waals surface area contributed by atoms with Gasteiger partial charge in [-0.15, -0.1) is 11.3 Å². The van der Waals surface area contributed by atoms with E-state index in [1.165, 1.54) is 29.5 Å². The number of carbonyl (C=O) groups excluding carboxylic acids is 1. The van der Waals surface area contributed by atoms with Crippen LogP contribution in [0, 0.1) is 5.82 Å². The van der Waals surface area contributed by atoms with Crippen LogP contribution in [-0.2, 0) is 17.4 Å². The van der Waals surface area contributed by atoms with Gasteiger partial charge in [-0.2, -0.15) is 13.2 Å². The second-order valence-corrected chi connectivity index (χ2v) is 7.84. The molecule has 1 N–H and O–H groups in total. The molecule has 162 valence electrons. The van der Waals surface area contributed by atoms with Gasteiger partial charge in [-0.05, 0) is 29.8 Å². The average Bonchev–Trinajstić information content (AvgIpc) is 3.24. The van der Waals surface area contributed by atoms with Crippen molar-refractivity contribution >= 4 is 22.9 Å². The van der Waals surface area contributed by atoms with Crippen molar-refractivity contribution in [1.29, 1.82) is 0 Å². The van der Waals surface area contributed by atoms with E-state index in [4.69, 9.17) is 0 Å². The Morgan fingerprint density at radius 3 is 2.41 bits per heavy atom. The molecule has 0 aliphatic rings. The smallest absolute Gasteiger partial charge is 0.325 e. The number of nitrogens with one attached hydrogen (secondary N) is 1. The molecule has 1 aromatic heterocycles. The van der Waals surface area contributed by atoms with Crippen molar-refractivity contribution in [1.82, 2.24) is 4.98 Å². The summed E-state index contributed by atoms with van der Waals surface area (Å²) in [5, 5.41) is 5.01. The zero-order valence-electron chi connectivity index (χ0n) is 16.5. The number of nitrogens with zero attached hydrogens (tertiary/aromatic N) is 1. The monoisotopic (exact) mass is 456 g/mol. The first kappa shape index (κ1) is 21.7. The van der Waals surface area contributed by atoms with Crippen LogP contribution in [0.5, 0.6) is 0 Å². The molecule has 3 nitrogen and oxygen atoms in total. The third kappa shape index (κ3) is 4.86. The van der Waals surface area contributed by atoms with E-state index in [-0.39, 0.29) is 17.8 Å². The summed E-state index contributed by atoms with van der Waals surface area (Å²) in [7, 11) is 0. The summed E-state index contributed by atoms with van der Waals surface area (Å²) < 4.78 is 52.8. The van der Waals surface area contributed by atoms with Crippen LogP contribution in [0.1, 0.15) is 11.1 Å². The SMILES string of the molecule is O=C(Cc1cccc(C(F)(F)F)c1)Nc1ccccc1-c1csc(-c2ccccc2F)n1. The summed E-state index contributed by atoms with van der Waals surface area (Å²) in [6.45, 7) is 0. The van der Waals surface area contributed by atoms with E-state index < -0.39 is 17.6 Å². The van der Waals surface area contributed by atoms with E-state index in [2.05, 4.69) is 10.3 Å². The van der Waals surface area contributed by atoms with E-state index >= 15 is 0 Å². The molecular formula is C24H16F4N2OS. The molecular weight excluding hydrogens is 440 g/mol. The van der Waals surface area contributed by atoms with Crippen molar-refractivity contribution < 1.29 is 22.4 Å². The van der Waals surface area contributed by atoms with Crippen molar-refractivity contribution in [2.24, 2.45) is 0 Å². The van der Waals surface area contributed by atoms with Gasteiger partial charge in [0, 0.05) is 16.5 Å². The van der Waals surface area contributed by atoms with Crippen molar-refractivity contribution in [3.05, 3.63) is 95.1 Å². The summed E-state index contributed by atoms with van der Waals surface area (Å²) in [5.41, 5.74) is 1.49. The Morgan fingerprint density at radius 1 is 0.938 bits per heavy atom. The number of aromatic nitrogens is 1. The Labute approximate surface area is 185 Å². The molecule has 1 heterocycles. The predicted octanol–water partition coefficient (Wildman–Crippen LogP) is 6.82. The van der Waals surface area contributed by atoms with E-state index in [9.17, 15) is 22.4 Å². The molecule has 0 fully saturated rings. The molecule has 1 amide bonds. The van der Waals surface area contributed by atoms with Crippen molar-refractivity contribution in [2.75, 3.05) is 5.32 Å². The van der Waals surface area contributed by atoms with E-state index in [0.29, 0.717) is 27.5 Å². The Bertz CT molecular complexity index is 1270. The summed E-state index contributed by atoms with van der Waals surface area (Å²) in [6.07, 6.45) is -4.69. The molecule has 3 aromatic carbocycles. The molecule has 0 aliphatic carbocycles. The largest absolute Gasteiger partial charge is 0.416 e. The highest BCUT2D eigenvalue weighted by atomic mass is 32.1. The van der Waals surface area contributed by atoms with Crippen LogP contribution in [0.25, 0.3) is 21.8 Å². The summed E-state index contributed by atoms with van der Waals surface area (Å²) in [5.74, 6) is -0.836. The predicted molar refractivity (Wildman–Crippen MR) is 117 cm³/mol. The van der Waals surface area contributed by atoms with Gasteiger partial charge < -0.3 is 5.32 Å². The second kappa shape index (κ2) is 8.92. The maximum absolute atomic E-state index is 14.1. The summed E-state index contributed by atoms with van der Waals surface area (Å²) >= 11 is 1.28. The van der Waals surface area contributed by atoms with Gasteiger partial charge in [0.2, 0.25) is 5.91 Å². The van der Waals surface area contributed by atoms with Crippen LogP contribution in [0.4, 0.5) is 23.2 Å². The van der Waals surface area contributed by atoms with Crippen LogP contribution in [0.2, 0.25) is 0 Å². The van der Waals surface area contributed by atoms with Gasteiger partial charge in [-0.25, -0.2) is 9.37 Å². The van der Waals surface area contributed by atoms with Gasteiger partial charge in [-0.1, -0.05) is 48.5 Å². The van der Waals surface area contributed by atoms with Gasteiger partial charge in [0.05, 0.1) is 23.4 Å². The standard InChI is InChI=1S/C24H16F4N2OS/c25-19-10-3-1-8-17(19)23-30-21(14-32-23)18-9-2-4-11-20(18)29-22(31)13-15-6-5-7-16(12-15)24(26,27)28/h1-12,14H,13H2,(H,29,31). The minimum atomic E-state index is -4.47. The molecule has 0 radical (unpaired) electrons. The Balaban J connectivity index is 1.55. The highest BCUT2D eigenvalue weighted by Crippen LogP contribution is 2.34. The second-order valence-electron chi connectivity index (χ2n) is 6.99. The average molecular weight is 456 g/mol. The van der Waals surface area contributed by atoms with Crippen LogP contribution in [-0.4, -0.2) is 10.9 Å². The number of para-hydroxylation sites is 1. The normalized spacial score (nSPS) is 11.4. The van der Waals surface area contributed by atoms with Gasteiger partial charge in [-0.3, -0.25) is 4.79 Å². The molecule has 0 atom stereocenters. The lowest BCUT2D eigenvalue weighted by molar-refractivity contribution is -0.137. The van der Waals surface area contributed by atoms with Crippen molar-refractivity contribution in [2.45, 2.75) is 12.6 Å². The number of hydrogen-bond acceptors (Lipinski definition) is 3. The topological polar surface area (TPSA) is 42.0 Å². The maximum Gasteiger partial charge on any atom is 0.416 e. The number of hydrogen-bond donors (Lipinski definition) is 1. The molecule has 4 aromatic rings. The lowest BCUT2D eigenvalue weighted by Crippen LogP contribution is -2.15. The summed E-state index contributed by atoms with van der Waals surface area (Å²) in [4.78, 5) is 17.0. The number of rotatable bonds is 5. The van der Waals surface area contributed by atoms with Crippen LogP contribution in [0.15, 0.2) is 78.2 Å². The molecule has 0 saturated carbocycles. The highest BCUT2D eigenvalue weighted by Gasteiger charge is 2.30. The fraction of sp³-hybridized carbons (Fsp3) is 0.0833. The van der Waals surface area contributed by atoms with Crippen LogP contribution in [0.3, 0.4) is 0 Å². The number of benzene rings is 3. The number of amides is 1. The molecule has 0 spiro atoms. The first-order chi connectivity index (χ1) is 15.3.